The molecule has 0 aliphatic heterocycles. The number of nitrogens with one attached hydrogen (secondary N) is 1. The molecule has 0 unspecified atom stereocenters. The largest absolute Gasteiger partial charge is 0.411 e. The number of alkyl halides is 3. The summed E-state index contributed by atoms with van der Waals surface area (Å²) in [6, 6.07) is 20.4. The molecule has 0 aliphatic rings. The Morgan fingerprint density at radius 3 is 2.32 bits per heavy atom. The number of nitrogens with zero attached hydrogens (tertiary/aromatic N) is 2. The first-order valence-electron chi connectivity index (χ1n) is 10.4. The Bertz CT molecular complexity index is 1350. The van der Waals surface area contributed by atoms with Gasteiger partial charge in [0.05, 0.1) is 23.2 Å². The number of hydrogen-bond acceptors (Lipinski definition) is 4. The molecule has 9 heteroatoms. The Morgan fingerprint density at radius 2 is 1.62 bits per heavy atom. The fourth-order valence-electron chi connectivity index (χ4n) is 3.35. The van der Waals surface area contributed by atoms with Crippen molar-refractivity contribution in [2.45, 2.75) is 19.3 Å². The van der Waals surface area contributed by atoms with Gasteiger partial charge in [-0.2, -0.15) is 13.2 Å². The van der Waals surface area contributed by atoms with E-state index in [1.54, 1.807) is 66.7 Å². The molecule has 174 valence electrons. The molecule has 0 saturated heterocycles. The monoisotopic (exact) mass is 467 g/mol. The van der Waals surface area contributed by atoms with Crippen molar-refractivity contribution in [3.05, 3.63) is 106 Å². The Balaban J connectivity index is 1.35. The molecule has 0 atom stereocenters. The first-order valence-corrected chi connectivity index (χ1v) is 10.4. The molecule has 0 fully saturated rings. The quantitative estimate of drug-likeness (QED) is 0.438. The summed E-state index contributed by atoms with van der Waals surface area (Å²) in [5.74, 6) is -0.298. The van der Waals surface area contributed by atoms with Crippen LogP contribution in [0.15, 0.2) is 83.9 Å². The minimum atomic E-state index is -4.36. The van der Waals surface area contributed by atoms with Crippen molar-refractivity contribution >= 4 is 16.8 Å². The maximum Gasteiger partial charge on any atom is 0.411 e. The second-order valence-electron chi connectivity index (χ2n) is 7.59. The molecule has 1 aromatic heterocycles. The lowest BCUT2D eigenvalue weighted by atomic mass is 10.1. The maximum absolute atomic E-state index is 12.7. The standard InChI is InChI=1S/C25H20F3N3O3/c26-25(27,28)15-34-14-18-7-5-17(6-8-18)13-29-23(32)19-9-11-20(12-10-19)31-16-30-22-4-2-1-3-21(22)24(31)33/h1-12,16H,13-15H2,(H,29,32). The van der Waals surface area contributed by atoms with Crippen LogP contribution < -0.4 is 10.9 Å². The van der Waals surface area contributed by atoms with E-state index in [1.165, 1.54) is 10.9 Å². The zero-order chi connectivity index (χ0) is 24.1. The second kappa shape index (κ2) is 9.88. The van der Waals surface area contributed by atoms with Crippen molar-refractivity contribution in [2.75, 3.05) is 6.61 Å². The minimum Gasteiger partial charge on any atom is -0.367 e. The van der Waals surface area contributed by atoms with E-state index >= 15 is 0 Å². The molecule has 0 bridgehead atoms. The molecule has 0 spiro atoms. The van der Waals surface area contributed by atoms with Gasteiger partial charge in [-0.3, -0.25) is 14.2 Å². The maximum atomic E-state index is 12.7. The predicted molar refractivity (Wildman–Crippen MR) is 121 cm³/mol. The number of ether oxygens (including phenoxy) is 1. The normalized spacial score (nSPS) is 11.5. The van der Waals surface area contributed by atoms with Crippen LogP contribution in [0, 0.1) is 0 Å². The lowest BCUT2D eigenvalue weighted by Crippen LogP contribution is -2.23. The molecule has 1 heterocycles. The molecule has 1 N–H and O–H groups in total. The van der Waals surface area contributed by atoms with Gasteiger partial charge in [0.15, 0.2) is 0 Å². The molecule has 6 nitrogen and oxygen atoms in total. The van der Waals surface area contributed by atoms with Gasteiger partial charge in [-0.25, -0.2) is 4.98 Å². The highest BCUT2D eigenvalue weighted by Crippen LogP contribution is 2.16. The van der Waals surface area contributed by atoms with Crippen molar-refractivity contribution in [3.8, 4) is 5.69 Å². The molecular formula is C25H20F3N3O3. The molecule has 4 rings (SSSR count). The van der Waals surface area contributed by atoms with E-state index in [4.69, 9.17) is 0 Å². The topological polar surface area (TPSA) is 73.2 Å². The van der Waals surface area contributed by atoms with E-state index < -0.39 is 12.8 Å². The number of para-hydroxylation sites is 1. The van der Waals surface area contributed by atoms with Gasteiger partial charge in [0.2, 0.25) is 0 Å². The van der Waals surface area contributed by atoms with Crippen molar-refractivity contribution in [3.63, 3.8) is 0 Å². The number of rotatable bonds is 7. The summed E-state index contributed by atoms with van der Waals surface area (Å²) in [7, 11) is 0. The highest BCUT2D eigenvalue weighted by Gasteiger charge is 2.27. The van der Waals surface area contributed by atoms with Crippen molar-refractivity contribution in [2.24, 2.45) is 0 Å². The van der Waals surface area contributed by atoms with Crippen LogP contribution in [0.2, 0.25) is 0 Å². The number of hydrogen-bond donors (Lipinski definition) is 1. The highest BCUT2D eigenvalue weighted by molar-refractivity contribution is 5.94. The number of carbonyl (C=O) groups is 1. The van der Waals surface area contributed by atoms with Gasteiger partial charge in [0, 0.05) is 12.1 Å². The number of carbonyl (C=O) groups excluding carboxylic acids is 1. The molecule has 0 aliphatic carbocycles. The zero-order valence-corrected chi connectivity index (χ0v) is 17.9. The summed E-state index contributed by atoms with van der Waals surface area (Å²) >= 11 is 0. The van der Waals surface area contributed by atoms with Crippen LogP contribution in [0.3, 0.4) is 0 Å². The molecule has 3 aromatic carbocycles. The van der Waals surface area contributed by atoms with E-state index in [0.29, 0.717) is 27.7 Å². The highest BCUT2D eigenvalue weighted by atomic mass is 19.4. The molecule has 4 aromatic rings. The van der Waals surface area contributed by atoms with E-state index in [2.05, 4.69) is 15.0 Å². The fraction of sp³-hybridized carbons (Fsp3) is 0.160. The number of amides is 1. The van der Waals surface area contributed by atoms with Crippen LogP contribution in [0.5, 0.6) is 0 Å². The van der Waals surface area contributed by atoms with E-state index in [-0.39, 0.29) is 24.6 Å². The zero-order valence-electron chi connectivity index (χ0n) is 17.9. The second-order valence-corrected chi connectivity index (χ2v) is 7.59. The van der Waals surface area contributed by atoms with Crippen LogP contribution in [-0.4, -0.2) is 28.2 Å². The predicted octanol–water partition coefficient (Wildman–Crippen LogP) is 4.39. The lowest BCUT2D eigenvalue weighted by Gasteiger charge is -2.10. The van der Waals surface area contributed by atoms with Crippen LogP contribution in [-0.2, 0) is 17.9 Å². The third-order valence-electron chi connectivity index (χ3n) is 5.08. The molecular weight excluding hydrogens is 447 g/mol. The first kappa shape index (κ1) is 23.2. The summed E-state index contributed by atoms with van der Waals surface area (Å²) in [5.41, 5.74) is 2.81. The van der Waals surface area contributed by atoms with E-state index in [9.17, 15) is 22.8 Å². The first-order chi connectivity index (χ1) is 16.3. The van der Waals surface area contributed by atoms with Gasteiger partial charge in [-0.05, 0) is 47.5 Å². The third kappa shape index (κ3) is 5.68. The van der Waals surface area contributed by atoms with Gasteiger partial charge < -0.3 is 10.1 Å². The van der Waals surface area contributed by atoms with Gasteiger partial charge in [0.25, 0.3) is 11.5 Å². The summed E-state index contributed by atoms with van der Waals surface area (Å²) in [6.45, 7) is -1.19. The summed E-state index contributed by atoms with van der Waals surface area (Å²) < 4.78 is 42.5. The smallest absolute Gasteiger partial charge is 0.367 e. The van der Waals surface area contributed by atoms with Gasteiger partial charge >= 0.3 is 6.18 Å². The number of benzene rings is 3. The van der Waals surface area contributed by atoms with E-state index in [0.717, 1.165) is 5.56 Å². The summed E-state index contributed by atoms with van der Waals surface area (Å²) in [6.07, 6.45) is -2.90. The average molecular weight is 467 g/mol. The molecule has 34 heavy (non-hydrogen) atoms. The number of halogens is 3. The summed E-state index contributed by atoms with van der Waals surface area (Å²) in [4.78, 5) is 29.5. The van der Waals surface area contributed by atoms with Crippen LogP contribution >= 0.6 is 0 Å². The molecule has 0 saturated carbocycles. The third-order valence-corrected chi connectivity index (χ3v) is 5.08. The van der Waals surface area contributed by atoms with Crippen molar-refractivity contribution in [1.82, 2.24) is 14.9 Å². The lowest BCUT2D eigenvalue weighted by molar-refractivity contribution is -0.176. The average Bonchev–Trinajstić information content (AvgIpc) is 2.83. The number of aromatic nitrogens is 2. The minimum absolute atomic E-state index is 0.145. The van der Waals surface area contributed by atoms with Crippen LogP contribution in [0.4, 0.5) is 13.2 Å². The molecule has 1 amide bonds. The SMILES string of the molecule is O=C(NCc1ccc(COCC(F)(F)F)cc1)c1ccc(-n2cnc3ccccc3c2=O)cc1. The Morgan fingerprint density at radius 1 is 0.941 bits per heavy atom. The van der Waals surface area contributed by atoms with E-state index in [1.807, 2.05) is 6.07 Å². The number of fused-ring (bicyclic) bond motifs is 1. The van der Waals surface area contributed by atoms with Crippen LogP contribution in [0.25, 0.3) is 16.6 Å². The Kier molecular flexibility index (Phi) is 6.74. The summed E-state index contributed by atoms with van der Waals surface area (Å²) in [5, 5.41) is 3.30. The van der Waals surface area contributed by atoms with Crippen molar-refractivity contribution < 1.29 is 22.7 Å². The van der Waals surface area contributed by atoms with Crippen molar-refractivity contribution in [1.29, 1.82) is 0 Å². The fourth-order valence-corrected chi connectivity index (χ4v) is 3.35. The Hall–Kier alpha value is -3.98. The molecule has 0 radical (unpaired) electrons. The van der Waals surface area contributed by atoms with Crippen LogP contribution in [0.1, 0.15) is 21.5 Å². The van der Waals surface area contributed by atoms with Gasteiger partial charge in [-0.15, -0.1) is 0 Å². The van der Waals surface area contributed by atoms with Gasteiger partial charge in [0.1, 0.15) is 12.9 Å². The Labute approximate surface area is 192 Å². The van der Waals surface area contributed by atoms with Gasteiger partial charge in [-0.1, -0.05) is 36.4 Å².